The average molecular weight is 183 g/mol. The average Bonchev–Trinajstić information content (AvgIpc) is 2.36. The minimum absolute atomic E-state index is 0.110. The molecular weight excluding hydrogens is 170 g/mol. The fraction of sp³-hybridized carbons (Fsp3) is 0.556. The van der Waals surface area contributed by atoms with Gasteiger partial charge in [0.25, 0.3) is 11.8 Å². The largest absolute Gasteiger partial charge is 0.391 e. The van der Waals surface area contributed by atoms with E-state index in [1.807, 2.05) is 6.92 Å². The molecule has 1 unspecified atom stereocenters. The molecule has 0 aliphatic carbocycles. The van der Waals surface area contributed by atoms with E-state index in [4.69, 9.17) is 0 Å². The van der Waals surface area contributed by atoms with Crippen molar-refractivity contribution in [2.75, 3.05) is 6.54 Å². The number of amides is 2. The van der Waals surface area contributed by atoms with Crippen LogP contribution in [0, 0.1) is 0 Å². The van der Waals surface area contributed by atoms with Crippen LogP contribution in [0.1, 0.15) is 19.8 Å². The van der Waals surface area contributed by atoms with Crippen molar-refractivity contribution in [1.29, 1.82) is 0 Å². The predicted molar refractivity (Wildman–Crippen MR) is 46.8 cm³/mol. The topological polar surface area (TPSA) is 57.6 Å². The van der Waals surface area contributed by atoms with Gasteiger partial charge in [0.05, 0.1) is 12.6 Å². The molecule has 0 saturated heterocycles. The van der Waals surface area contributed by atoms with Crippen LogP contribution in [-0.2, 0) is 9.59 Å². The number of carbonyl (C=O) groups is 2. The lowest BCUT2D eigenvalue weighted by molar-refractivity contribution is -0.138. The molecule has 0 aromatic heterocycles. The lowest BCUT2D eigenvalue weighted by Gasteiger charge is -2.17. The van der Waals surface area contributed by atoms with Crippen molar-refractivity contribution in [3.63, 3.8) is 0 Å². The van der Waals surface area contributed by atoms with Crippen molar-refractivity contribution in [1.82, 2.24) is 4.90 Å². The molecule has 1 heterocycles. The highest BCUT2D eigenvalue weighted by molar-refractivity contribution is 6.12. The van der Waals surface area contributed by atoms with Crippen LogP contribution in [0.15, 0.2) is 12.2 Å². The predicted octanol–water partition coefficient (Wildman–Crippen LogP) is 0.0724. The van der Waals surface area contributed by atoms with Crippen molar-refractivity contribution in [2.45, 2.75) is 25.9 Å². The second-order valence-corrected chi connectivity index (χ2v) is 3.06. The van der Waals surface area contributed by atoms with Gasteiger partial charge < -0.3 is 5.11 Å². The number of hydrogen-bond donors (Lipinski definition) is 1. The van der Waals surface area contributed by atoms with Gasteiger partial charge in [0.2, 0.25) is 0 Å². The first-order valence-corrected chi connectivity index (χ1v) is 4.36. The summed E-state index contributed by atoms with van der Waals surface area (Å²) in [6, 6.07) is 0. The van der Waals surface area contributed by atoms with Crippen molar-refractivity contribution in [2.24, 2.45) is 0 Å². The van der Waals surface area contributed by atoms with Crippen LogP contribution in [0.2, 0.25) is 0 Å². The molecule has 4 heteroatoms. The van der Waals surface area contributed by atoms with Crippen molar-refractivity contribution in [3.8, 4) is 0 Å². The number of aliphatic hydroxyl groups is 1. The highest BCUT2D eigenvalue weighted by Gasteiger charge is 2.24. The molecule has 0 spiro atoms. The number of nitrogens with zero attached hydrogens (tertiary/aromatic N) is 1. The summed E-state index contributed by atoms with van der Waals surface area (Å²) in [5.74, 6) is -0.666. The Bertz CT molecular complexity index is 229. The highest BCUT2D eigenvalue weighted by atomic mass is 16.3. The fourth-order valence-corrected chi connectivity index (χ4v) is 1.25. The molecule has 72 valence electrons. The number of β-amino-alcohol motifs (C(OH)–C–C–N with tert-alkyl or cyclic N) is 1. The van der Waals surface area contributed by atoms with Gasteiger partial charge in [-0.1, -0.05) is 13.3 Å². The van der Waals surface area contributed by atoms with E-state index in [1.54, 1.807) is 0 Å². The van der Waals surface area contributed by atoms with Gasteiger partial charge in [-0.15, -0.1) is 0 Å². The van der Waals surface area contributed by atoms with Gasteiger partial charge >= 0.3 is 0 Å². The second kappa shape index (κ2) is 4.18. The molecule has 1 atom stereocenters. The van der Waals surface area contributed by atoms with Gasteiger partial charge in [0, 0.05) is 12.2 Å². The number of hydrogen-bond acceptors (Lipinski definition) is 3. The van der Waals surface area contributed by atoms with E-state index in [2.05, 4.69) is 0 Å². The van der Waals surface area contributed by atoms with Crippen molar-refractivity contribution >= 4 is 11.8 Å². The Labute approximate surface area is 76.8 Å². The van der Waals surface area contributed by atoms with E-state index < -0.39 is 6.10 Å². The first-order valence-electron chi connectivity index (χ1n) is 4.36. The van der Waals surface area contributed by atoms with Crippen LogP contribution in [0.4, 0.5) is 0 Å². The summed E-state index contributed by atoms with van der Waals surface area (Å²) in [4.78, 5) is 23.1. The number of imide groups is 1. The highest BCUT2D eigenvalue weighted by Crippen LogP contribution is 2.06. The van der Waals surface area contributed by atoms with Crippen LogP contribution in [-0.4, -0.2) is 34.5 Å². The molecule has 0 aromatic rings. The van der Waals surface area contributed by atoms with Gasteiger partial charge in [-0.25, -0.2) is 0 Å². The first-order chi connectivity index (χ1) is 6.15. The summed E-state index contributed by atoms with van der Waals surface area (Å²) in [6.07, 6.45) is 3.29. The molecular formula is C9H13NO3. The van der Waals surface area contributed by atoms with Crippen LogP contribution < -0.4 is 0 Å². The molecule has 2 amide bonds. The molecule has 0 saturated carbocycles. The van der Waals surface area contributed by atoms with E-state index >= 15 is 0 Å². The fourth-order valence-electron chi connectivity index (χ4n) is 1.25. The Morgan fingerprint density at radius 3 is 2.38 bits per heavy atom. The number of rotatable bonds is 4. The van der Waals surface area contributed by atoms with Crippen molar-refractivity contribution in [3.05, 3.63) is 12.2 Å². The smallest absolute Gasteiger partial charge is 0.253 e. The van der Waals surface area contributed by atoms with E-state index in [-0.39, 0.29) is 18.4 Å². The third-order valence-electron chi connectivity index (χ3n) is 1.92. The van der Waals surface area contributed by atoms with Gasteiger partial charge in [-0.2, -0.15) is 0 Å². The summed E-state index contributed by atoms with van der Waals surface area (Å²) in [6.45, 7) is 2.05. The molecule has 0 aromatic carbocycles. The van der Waals surface area contributed by atoms with Crippen molar-refractivity contribution < 1.29 is 14.7 Å². The van der Waals surface area contributed by atoms with E-state index in [0.717, 1.165) is 11.3 Å². The quantitative estimate of drug-likeness (QED) is 0.627. The van der Waals surface area contributed by atoms with Gasteiger partial charge in [-0.3, -0.25) is 14.5 Å². The second-order valence-electron chi connectivity index (χ2n) is 3.06. The molecule has 0 radical (unpaired) electrons. The maximum atomic E-state index is 11.0. The summed E-state index contributed by atoms with van der Waals surface area (Å²) in [7, 11) is 0. The minimum Gasteiger partial charge on any atom is -0.391 e. The summed E-state index contributed by atoms with van der Waals surface area (Å²) < 4.78 is 0. The maximum absolute atomic E-state index is 11.0. The van der Waals surface area contributed by atoms with Gasteiger partial charge in [0.15, 0.2) is 0 Å². The number of aliphatic hydroxyl groups excluding tert-OH is 1. The van der Waals surface area contributed by atoms with Crippen LogP contribution in [0.3, 0.4) is 0 Å². The Kier molecular flexibility index (Phi) is 3.19. The molecule has 1 aliphatic heterocycles. The minimum atomic E-state index is -0.599. The van der Waals surface area contributed by atoms with Crippen LogP contribution in [0.25, 0.3) is 0 Å². The maximum Gasteiger partial charge on any atom is 0.253 e. The molecule has 1 aliphatic rings. The Balaban J connectivity index is 2.45. The zero-order valence-corrected chi connectivity index (χ0v) is 7.56. The van der Waals surface area contributed by atoms with Crippen LogP contribution in [0.5, 0.6) is 0 Å². The SMILES string of the molecule is CCCC(O)CN1C(=O)C=CC1=O. The van der Waals surface area contributed by atoms with E-state index in [9.17, 15) is 14.7 Å². The van der Waals surface area contributed by atoms with Gasteiger partial charge in [-0.05, 0) is 6.42 Å². The lowest BCUT2D eigenvalue weighted by Crippen LogP contribution is -2.36. The first kappa shape index (κ1) is 9.92. The summed E-state index contributed by atoms with van der Waals surface area (Å²) in [5.41, 5.74) is 0. The molecule has 0 fully saturated rings. The van der Waals surface area contributed by atoms with E-state index in [0.29, 0.717) is 6.42 Å². The molecule has 13 heavy (non-hydrogen) atoms. The molecule has 1 N–H and O–H groups in total. The zero-order valence-electron chi connectivity index (χ0n) is 7.56. The molecule has 4 nitrogen and oxygen atoms in total. The molecule has 1 rings (SSSR count). The lowest BCUT2D eigenvalue weighted by atomic mass is 10.2. The van der Waals surface area contributed by atoms with E-state index in [1.165, 1.54) is 12.2 Å². The monoisotopic (exact) mass is 183 g/mol. The summed E-state index contributed by atoms with van der Waals surface area (Å²) in [5, 5.41) is 9.37. The summed E-state index contributed by atoms with van der Waals surface area (Å²) >= 11 is 0. The Morgan fingerprint density at radius 2 is 1.92 bits per heavy atom. The third-order valence-corrected chi connectivity index (χ3v) is 1.92. The third kappa shape index (κ3) is 2.39. The zero-order chi connectivity index (χ0) is 9.84. The Morgan fingerprint density at radius 1 is 1.38 bits per heavy atom. The van der Waals surface area contributed by atoms with Gasteiger partial charge in [0.1, 0.15) is 0 Å². The normalized spacial score (nSPS) is 18.5. The standard InChI is InChI=1S/C9H13NO3/c1-2-3-7(11)6-10-8(12)4-5-9(10)13/h4-5,7,11H,2-3,6H2,1H3. The number of carbonyl (C=O) groups excluding carboxylic acids is 2. The Hall–Kier alpha value is -1.16. The van der Waals surface area contributed by atoms with Crippen LogP contribution >= 0.6 is 0 Å². The molecule has 0 bridgehead atoms.